The third-order valence-corrected chi connectivity index (χ3v) is 3.21. The van der Waals surface area contributed by atoms with Crippen molar-refractivity contribution in [2.75, 3.05) is 13.2 Å². The maximum absolute atomic E-state index is 9.78. The molecule has 5 heteroatoms. The molecule has 2 rings (SSSR count). The Kier molecular flexibility index (Phi) is 5.47. The lowest BCUT2D eigenvalue weighted by Crippen LogP contribution is -2.23. The van der Waals surface area contributed by atoms with E-state index in [4.69, 9.17) is 25.5 Å². The van der Waals surface area contributed by atoms with Crippen LogP contribution < -0.4 is 4.74 Å². The number of halogens is 1. The van der Waals surface area contributed by atoms with Gasteiger partial charge in [0.25, 0.3) is 0 Å². The van der Waals surface area contributed by atoms with Crippen molar-refractivity contribution in [1.82, 2.24) is 0 Å². The van der Waals surface area contributed by atoms with Gasteiger partial charge in [-0.2, -0.15) is 0 Å². The number of benzene rings is 1. The number of furan rings is 1. The molecule has 0 amide bonds. The molecule has 1 unspecified atom stereocenters. The summed E-state index contributed by atoms with van der Waals surface area (Å²) in [5.74, 6) is 1.29. The van der Waals surface area contributed by atoms with Gasteiger partial charge in [-0.1, -0.05) is 23.7 Å². The van der Waals surface area contributed by atoms with Crippen LogP contribution in [0.25, 0.3) is 0 Å². The smallest absolute Gasteiger partial charge is 0.138 e. The summed E-state index contributed by atoms with van der Waals surface area (Å²) in [6.45, 7) is 2.53. The van der Waals surface area contributed by atoms with Gasteiger partial charge in [0.1, 0.15) is 30.8 Å². The van der Waals surface area contributed by atoms with Gasteiger partial charge in [0, 0.05) is 0 Å². The van der Waals surface area contributed by atoms with Crippen LogP contribution in [0.1, 0.15) is 11.3 Å². The molecule has 0 aliphatic heterocycles. The zero-order valence-corrected chi connectivity index (χ0v) is 12.0. The van der Waals surface area contributed by atoms with E-state index in [1.807, 2.05) is 25.1 Å². The van der Waals surface area contributed by atoms with Gasteiger partial charge in [-0.15, -0.1) is 0 Å². The van der Waals surface area contributed by atoms with Crippen molar-refractivity contribution in [3.8, 4) is 5.75 Å². The van der Waals surface area contributed by atoms with Gasteiger partial charge in [0.15, 0.2) is 0 Å². The first-order valence-electron chi connectivity index (χ1n) is 6.33. The van der Waals surface area contributed by atoms with E-state index >= 15 is 0 Å². The highest BCUT2D eigenvalue weighted by atomic mass is 35.5. The monoisotopic (exact) mass is 296 g/mol. The minimum absolute atomic E-state index is 0.126. The predicted molar refractivity (Wildman–Crippen MR) is 76.1 cm³/mol. The van der Waals surface area contributed by atoms with Crippen molar-refractivity contribution < 1.29 is 19.0 Å². The molecule has 0 spiro atoms. The van der Waals surface area contributed by atoms with E-state index in [2.05, 4.69) is 0 Å². The maximum atomic E-state index is 9.78. The summed E-state index contributed by atoms with van der Waals surface area (Å²) in [6, 6.07) is 9.13. The highest BCUT2D eigenvalue weighted by Crippen LogP contribution is 2.27. The second-order valence-corrected chi connectivity index (χ2v) is 4.82. The van der Waals surface area contributed by atoms with Crippen molar-refractivity contribution in [3.05, 3.63) is 52.9 Å². The second kappa shape index (κ2) is 7.33. The van der Waals surface area contributed by atoms with Crippen LogP contribution in [0.3, 0.4) is 0 Å². The van der Waals surface area contributed by atoms with Crippen LogP contribution in [0.15, 0.2) is 41.0 Å². The van der Waals surface area contributed by atoms with Crippen molar-refractivity contribution in [2.24, 2.45) is 0 Å². The van der Waals surface area contributed by atoms with Crippen LogP contribution in [0.5, 0.6) is 5.75 Å². The topological polar surface area (TPSA) is 51.8 Å². The molecule has 1 heterocycles. The number of hydrogen-bond donors (Lipinski definition) is 1. The lowest BCUT2D eigenvalue weighted by molar-refractivity contribution is 0.000889. The first kappa shape index (κ1) is 14.9. The molecule has 2 aromatic rings. The number of ether oxygens (including phenoxy) is 2. The van der Waals surface area contributed by atoms with Gasteiger partial charge in [0.05, 0.1) is 17.9 Å². The van der Waals surface area contributed by atoms with E-state index < -0.39 is 6.10 Å². The zero-order valence-electron chi connectivity index (χ0n) is 11.2. The molecule has 4 nitrogen and oxygen atoms in total. The summed E-state index contributed by atoms with van der Waals surface area (Å²) in [5.41, 5.74) is 0.938. The first-order chi connectivity index (χ1) is 9.66. The fraction of sp³-hybridized carbons (Fsp3) is 0.333. The van der Waals surface area contributed by atoms with Crippen LogP contribution in [0.2, 0.25) is 5.02 Å². The maximum Gasteiger partial charge on any atom is 0.138 e. The van der Waals surface area contributed by atoms with E-state index in [9.17, 15) is 5.11 Å². The number of hydrogen-bond acceptors (Lipinski definition) is 4. The van der Waals surface area contributed by atoms with Crippen LogP contribution >= 0.6 is 11.6 Å². The number of aliphatic hydroxyl groups excluding tert-OH is 1. The van der Waals surface area contributed by atoms with Crippen LogP contribution in [-0.4, -0.2) is 24.4 Å². The highest BCUT2D eigenvalue weighted by Gasteiger charge is 2.09. The molecule has 1 aromatic carbocycles. The molecular formula is C15H17ClO4. The number of aliphatic hydroxyl groups is 1. The molecule has 0 aliphatic rings. The molecule has 20 heavy (non-hydrogen) atoms. The van der Waals surface area contributed by atoms with Crippen molar-refractivity contribution >= 4 is 11.6 Å². The average Bonchev–Trinajstić information content (AvgIpc) is 2.94. The minimum atomic E-state index is -0.721. The van der Waals surface area contributed by atoms with Crippen molar-refractivity contribution in [3.63, 3.8) is 0 Å². The Morgan fingerprint density at radius 3 is 2.85 bits per heavy atom. The normalized spacial score (nSPS) is 12.3. The van der Waals surface area contributed by atoms with E-state index in [0.717, 1.165) is 11.3 Å². The summed E-state index contributed by atoms with van der Waals surface area (Å²) in [6.07, 6.45) is 0.861. The Balaban J connectivity index is 1.72. The van der Waals surface area contributed by atoms with Gasteiger partial charge in [0.2, 0.25) is 0 Å². The molecule has 1 N–H and O–H groups in total. The first-order valence-corrected chi connectivity index (χ1v) is 6.70. The predicted octanol–water partition coefficient (Wildman–Crippen LogP) is 3.20. The summed E-state index contributed by atoms with van der Waals surface area (Å²) in [5, 5.41) is 10.3. The third kappa shape index (κ3) is 4.27. The second-order valence-electron chi connectivity index (χ2n) is 4.45. The fourth-order valence-corrected chi connectivity index (χ4v) is 1.84. The van der Waals surface area contributed by atoms with Gasteiger partial charge in [-0.25, -0.2) is 0 Å². The molecule has 0 bridgehead atoms. The highest BCUT2D eigenvalue weighted by molar-refractivity contribution is 6.32. The van der Waals surface area contributed by atoms with Crippen LogP contribution in [-0.2, 0) is 11.3 Å². The Morgan fingerprint density at radius 1 is 1.25 bits per heavy atom. The Morgan fingerprint density at radius 2 is 2.10 bits per heavy atom. The molecule has 1 atom stereocenters. The third-order valence-electron chi connectivity index (χ3n) is 2.72. The molecule has 0 radical (unpaired) electrons. The van der Waals surface area contributed by atoms with E-state index in [1.165, 1.54) is 0 Å². The van der Waals surface area contributed by atoms with Crippen LogP contribution in [0.4, 0.5) is 0 Å². The van der Waals surface area contributed by atoms with E-state index in [0.29, 0.717) is 17.4 Å². The van der Waals surface area contributed by atoms with Gasteiger partial charge in [-0.3, -0.25) is 0 Å². The van der Waals surface area contributed by atoms with E-state index in [1.54, 1.807) is 18.4 Å². The largest absolute Gasteiger partial charge is 0.489 e. The average molecular weight is 297 g/mol. The minimum Gasteiger partial charge on any atom is -0.489 e. The molecule has 0 aliphatic carbocycles. The quantitative estimate of drug-likeness (QED) is 0.852. The van der Waals surface area contributed by atoms with Crippen LogP contribution in [0, 0.1) is 6.92 Å². The molecule has 0 saturated carbocycles. The summed E-state index contributed by atoms with van der Waals surface area (Å²) in [7, 11) is 0. The Bertz CT molecular complexity index is 525. The summed E-state index contributed by atoms with van der Waals surface area (Å²) >= 11 is 6.10. The number of aryl methyl sites for hydroxylation is 1. The Labute approximate surface area is 122 Å². The molecule has 0 saturated heterocycles. The fourth-order valence-electron chi connectivity index (χ4n) is 1.66. The van der Waals surface area contributed by atoms with Gasteiger partial charge in [-0.05, 0) is 30.7 Å². The molecule has 1 aromatic heterocycles. The van der Waals surface area contributed by atoms with Crippen molar-refractivity contribution in [2.45, 2.75) is 19.6 Å². The van der Waals surface area contributed by atoms with E-state index in [-0.39, 0.29) is 13.2 Å². The van der Waals surface area contributed by atoms with Crippen molar-refractivity contribution in [1.29, 1.82) is 0 Å². The number of rotatable bonds is 7. The SMILES string of the molecule is Cc1cccc(OCC(O)COCc2ccco2)c1Cl. The molecule has 108 valence electrons. The molecule has 0 fully saturated rings. The van der Waals surface area contributed by atoms with Gasteiger partial charge >= 0.3 is 0 Å². The molecular weight excluding hydrogens is 280 g/mol. The standard InChI is InChI=1S/C15H17ClO4/c1-11-4-2-6-14(15(11)16)20-9-12(17)8-18-10-13-5-3-7-19-13/h2-7,12,17H,8-10H2,1H3. The lowest BCUT2D eigenvalue weighted by Gasteiger charge is -2.14. The Hall–Kier alpha value is -1.49. The van der Waals surface area contributed by atoms with Gasteiger partial charge < -0.3 is 19.0 Å². The summed E-state index contributed by atoms with van der Waals surface area (Å²) < 4.78 is 15.9. The zero-order chi connectivity index (χ0) is 14.4. The summed E-state index contributed by atoms with van der Waals surface area (Å²) in [4.78, 5) is 0. The lowest BCUT2D eigenvalue weighted by atomic mass is 10.2.